The normalized spacial score (nSPS) is 24.3. The molecule has 2 fully saturated rings. The Hall–Kier alpha value is -1.63. The van der Waals surface area contributed by atoms with Crippen molar-refractivity contribution in [1.82, 2.24) is 15.8 Å². The average Bonchev–Trinajstić information content (AvgIpc) is 3.12. The SMILES string of the molecule is CCOC(=O)C1CCN(C(=O)C2CC(c3ccc(Cl)cc3)NN2)CC1. The van der Waals surface area contributed by atoms with Crippen molar-refractivity contribution in [1.29, 1.82) is 0 Å². The van der Waals surface area contributed by atoms with E-state index < -0.39 is 0 Å². The summed E-state index contributed by atoms with van der Waals surface area (Å²) in [5.41, 5.74) is 7.40. The van der Waals surface area contributed by atoms with Crippen LogP contribution in [0.1, 0.15) is 37.8 Å². The van der Waals surface area contributed by atoms with E-state index in [1.54, 1.807) is 0 Å². The Balaban J connectivity index is 1.51. The molecular weight excluding hydrogens is 342 g/mol. The molecule has 0 aliphatic carbocycles. The van der Waals surface area contributed by atoms with E-state index in [1.807, 2.05) is 36.1 Å². The molecule has 3 rings (SSSR count). The fraction of sp³-hybridized carbons (Fsp3) is 0.556. The second-order valence-electron chi connectivity index (χ2n) is 6.53. The van der Waals surface area contributed by atoms with Crippen molar-refractivity contribution in [3.63, 3.8) is 0 Å². The number of hydrazine groups is 1. The Morgan fingerprint density at radius 3 is 2.52 bits per heavy atom. The first kappa shape index (κ1) is 18.2. The fourth-order valence-electron chi connectivity index (χ4n) is 3.45. The maximum Gasteiger partial charge on any atom is 0.309 e. The van der Waals surface area contributed by atoms with Crippen LogP contribution >= 0.6 is 11.6 Å². The molecule has 6 nitrogen and oxygen atoms in total. The van der Waals surface area contributed by atoms with E-state index in [0.29, 0.717) is 44.0 Å². The van der Waals surface area contributed by atoms with Gasteiger partial charge in [0.15, 0.2) is 0 Å². The Kier molecular flexibility index (Phi) is 5.93. The number of piperidine rings is 1. The minimum absolute atomic E-state index is 0.0829. The van der Waals surface area contributed by atoms with Crippen LogP contribution in [0.3, 0.4) is 0 Å². The lowest BCUT2D eigenvalue weighted by Gasteiger charge is -2.32. The van der Waals surface area contributed by atoms with Crippen LogP contribution in [-0.4, -0.2) is 42.5 Å². The third-order valence-corrected chi connectivity index (χ3v) is 5.15. The number of nitrogens with one attached hydrogen (secondary N) is 2. The molecule has 0 spiro atoms. The first-order valence-corrected chi connectivity index (χ1v) is 9.18. The van der Waals surface area contributed by atoms with Crippen molar-refractivity contribution in [3.05, 3.63) is 34.9 Å². The molecule has 2 atom stereocenters. The Labute approximate surface area is 152 Å². The van der Waals surface area contributed by atoms with Crippen LogP contribution in [0.4, 0.5) is 0 Å². The van der Waals surface area contributed by atoms with Gasteiger partial charge in [-0.1, -0.05) is 23.7 Å². The standard InChI is InChI=1S/C18H24ClN3O3/c1-2-25-18(24)13-7-9-22(10-8-13)17(23)16-11-15(20-21-16)12-3-5-14(19)6-4-12/h3-6,13,15-16,20-21H,2,7-11H2,1H3. The predicted molar refractivity (Wildman–Crippen MR) is 94.8 cm³/mol. The van der Waals surface area contributed by atoms with Gasteiger partial charge in [0.25, 0.3) is 0 Å². The van der Waals surface area contributed by atoms with Gasteiger partial charge in [0.05, 0.1) is 12.5 Å². The van der Waals surface area contributed by atoms with Crippen LogP contribution in [0.5, 0.6) is 0 Å². The molecule has 2 aliphatic heterocycles. The molecule has 0 radical (unpaired) electrons. The van der Waals surface area contributed by atoms with Crippen LogP contribution in [0.15, 0.2) is 24.3 Å². The van der Waals surface area contributed by atoms with Crippen molar-refractivity contribution >= 4 is 23.5 Å². The predicted octanol–water partition coefficient (Wildman–Crippen LogP) is 2.05. The molecule has 2 saturated heterocycles. The van der Waals surface area contributed by atoms with Crippen LogP contribution < -0.4 is 10.9 Å². The van der Waals surface area contributed by atoms with Crippen molar-refractivity contribution in [2.45, 2.75) is 38.3 Å². The summed E-state index contributed by atoms with van der Waals surface area (Å²) >= 11 is 5.92. The zero-order chi connectivity index (χ0) is 17.8. The number of carbonyl (C=O) groups is 2. The molecule has 1 amide bonds. The molecule has 0 aromatic heterocycles. The van der Waals surface area contributed by atoms with E-state index in [1.165, 1.54) is 0 Å². The van der Waals surface area contributed by atoms with Crippen LogP contribution in [-0.2, 0) is 14.3 Å². The Bertz CT molecular complexity index is 614. The lowest BCUT2D eigenvalue weighted by Crippen LogP contribution is -2.49. The van der Waals surface area contributed by atoms with E-state index in [4.69, 9.17) is 16.3 Å². The number of halogens is 1. The molecule has 136 valence electrons. The van der Waals surface area contributed by atoms with Gasteiger partial charge in [0.2, 0.25) is 5.91 Å². The number of ether oxygens (including phenoxy) is 1. The van der Waals surface area contributed by atoms with Gasteiger partial charge in [-0.15, -0.1) is 0 Å². The van der Waals surface area contributed by atoms with Crippen LogP contribution in [0.2, 0.25) is 5.02 Å². The highest BCUT2D eigenvalue weighted by Gasteiger charge is 2.35. The number of amides is 1. The van der Waals surface area contributed by atoms with Crippen molar-refractivity contribution in [2.24, 2.45) is 5.92 Å². The minimum Gasteiger partial charge on any atom is -0.466 e. The summed E-state index contributed by atoms with van der Waals surface area (Å²) in [7, 11) is 0. The number of hydrogen-bond donors (Lipinski definition) is 2. The third-order valence-electron chi connectivity index (χ3n) is 4.90. The molecule has 2 N–H and O–H groups in total. The average molecular weight is 366 g/mol. The summed E-state index contributed by atoms with van der Waals surface area (Å²) in [6.07, 6.45) is 2.04. The molecule has 0 saturated carbocycles. The van der Waals surface area contributed by atoms with E-state index in [-0.39, 0.29) is 29.9 Å². The Morgan fingerprint density at radius 1 is 1.20 bits per heavy atom. The highest BCUT2D eigenvalue weighted by atomic mass is 35.5. The smallest absolute Gasteiger partial charge is 0.309 e. The maximum atomic E-state index is 12.7. The number of carbonyl (C=O) groups excluding carboxylic acids is 2. The van der Waals surface area contributed by atoms with Gasteiger partial charge >= 0.3 is 5.97 Å². The van der Waals surface area contributed by atoms with E-state index in [9.17, 15) is 9.59 Å². The molecule has 25 heavy (non-hydrogen) atoms. The van der Waals surface area contributed by atoms with Gasteiger partial charge in [0, 0.05) is 24.2 Å². The Morgan fingerprint density at radius 2 is 1.88 bits per heavy atom. The first-order valence-electron chi connectivity index (χ1n) is 8.80. The summed E-state index contributed by atoms with van der Waals surface area (Å²) in [5.74, 6) is -0.134. The molecule has 2 aliphatic rings. The topological polar surface area (TPSA) is 70.7 Å². The fourth-order valence-corrected chi connectivity index (χ4v) is 3.57. The zero-order valence-electron chi connectivity index (χ0n) is 14.3. The second kappa shape index (κ2) is 8.17. The van der Waals surface area contributed by atoms with Crippen LogP contribution in [0.25, 0.3) is 0 Å². The molecule has 1 aromatic rings. The summed E-state index contributed by atoms with van der Waals surface area (Å²) in [5, 5.41) is 0.701. The van der Waals surface area contributed by atoms with Crippen molar-refractivity contribution in [3.8, 4) is 0 Å². The zero-order valence-corrected chi connectivity index (χ0v) is 15.1. The summed E-state index contributed by atoms with van der Waals surface area (Å²) in [6.45, 7) is 3.42. The minimum atomic E-state index is -0.250. The quantitative estimate of drug-likeness (QED) is 0.799. The number of esters is 1. The lowest BCUT2D eigenvalue weighted by molar-refractivity contribution is -0.151. The number of likely N-dealkylation sites (tertiary alicyclic amines) is 1. The highest BCUT2D eigenvalue weighted by Crippen LogP contribution is 2.26. The molecule has 0 bridgehead atoms. The highest BCUT2D eigenvalue weighted by molar-refractivity contribution is 6.30. The monoisotopic (exact) mass is 365 g/mol. The molecular formula is C18H24ClN3O3. The van der Waals surface area contributed by atoms with Gasteiger partial charge < -0.3 is 9.64 Å². The van der Waals surface area contributed by atoms with Gasteiger partial charge in [-0.25, -0.2) is 10.9 Å². The largest absolute Gasteiger partial charge is 0.466 e. The van der Waals surface area contributed by atoms with E-state index in [2.05, 4.69) is 10.9 Å². The number of hydrogen-bond acceptors (Lipinski definition) is 5. The van der Waals surface area contributed by atoms with Gasteiger partial charge in [0.1, 0.15) is 6.04 Å². The maximum absolute atomic E-state index is 12.7. The summed E-state index contributed by atoms with van der Waals surface area (Å²) in [6, 6.07) is 7.49. The summed E-state index contributed by atoms with van der Waals surface area (Å²) < 4.78 is 5.07. The van der Waals surface area contributed by atoms with E-state index in [0.717, 1.165) is 5.56 Å². The summed E-state index contributed by atoms with van der Waals surface area (Å²) in [4.78, 5) is 26.4. The third kappa shape index (κ3) is 4.32. The molecule has 2 unspecified atom stereocenters. The van der Waals surface area contributed by atoms with Gasteiger partial charge in [-0.3, -0.25) is 9.59 Å². The second-order valence-corrected chi connectivity index (χ2v) is 6.97. The lowest BCUT2D eigenvalue weighted by atomic mass is 9.95. The van der Waals surface area contributed by atoms with E-state index >= 15 is 0 Å². The number of rotatable bonds is 4. The van der Waals surface area contributed by atoms with Crippen molar-refractivity contribution < 1.29 is 14.3 Å². The van der Waals surface area contributed by atoms with Crippen LogP contribution in [0, 0.1) is 5.92 Å². The van der Waals surface area contributed by atoms with Crippen molar-refractivity contribution in [2.75, 3.05) is 19.7 Å². The number of benzene rings is 1. The molecule has 7 heteroatoms. The first-order chi connectivity index (χ1) is 12.1. The molecule has 1 aromatic carbocycles. The molecule has 2 heterocycles. The van der Waals surface area contributed by atoms with Gasteiger partial charge in [-0.2, -0.15) is 0 Å². The number of nitrogens with zero attached hydrogens (tertiary/aromatic N) is 1. The van der Waals surface area contributed by atoms with Gasteiger partial charge in [-0.05, 0) is 43.9 Å².